The summed E-state index contributed by atoms with van der Waals surface area (Å²) in [6.45, 7) is 5.30. The van der Waals surface area contributed by atoms with E-state index in [0.29, 0.717) is 5.92 Å². The molecule has 1 aromatic heterocycles. The van der Waals surface area contributed by atoms with Crippen molar-refractivity contribution in [2.75, 3.05) is 23.9 Å². The molecule has 1 aromatic rings. The van der Waals surface area contributed by atoms with E-state index in [4.69, 9.17) is 0 Å². The normalized spacial score (nSPS) is 12.8. The molecule has 0 aliphatic carbocycles. The molecule has 3 nitrogen and oxygen atoms in total. The van der Waals surface area contributed by atoms with Crippen LogP contribution in [0.4, 0.5) is 5.13 Å². The monoisotopic (exact) mass is 231 g/mol. The highest BCUT2D eigenvalue weighted by Crippen LogP contribution is 2.12. The Bertz CT molecular complexity index is 262. The number of hydrogen-bond acceptors (Lipinski definition) is 5. The van der Waals surface area contributed by atoms with Crippen LogP contribution in [0.5, 0.6) is 0 Å². The fourth-order valence-electron chi connectivity index (χ4n) is 1.07. The van der Waals surface area contributed by atoms with Gasteiger partial charge in [0.2, 0.25) is 5.13 Å². The summed E-state index contributed by atoms with van der Waals surface area (Å²) >= 11 is 3.34. The Balaban J connectivity index is 2.30. The molecule has 5 heteroatoms. The number of hydrogen-bond donors (Lipinski definition) is 1. The quantitative estimate of drug-likeness (QED) is 0.816. The molecule has 0 amide bonds. The first kappa shape index (κ1) is 11.8. The number of thioether (sulfide) groups is 1. The summed E-state index contributed by atoms with van der Waals surface area (Å²) in [6.07, 6.45) is 3.05. The first-order valence-electron chi connectivity index (χ1n) is 4.81. The van der Waals surface area contributed by atoms with Gasteiger partial charge in [-0.05, 0) is 17.9 Å². The molecule has 0 radical (unpaired) electrons. The minimum atomic E-state index is 0.680. The molecule has 0 bridgehead atoms. The van der Waals surface area contributed by atoms with Gasteiger partial charge in [-0.2, -0.15) is 16.1 Å². The van der Waals surface area contributed by atoms with Crippen LogP contribution in [0.1, 0.15) is 19.7 Å². The van der Waals surface area contributed by atoms with Crippen LogP contribution in [0.3, 0.4) is 0 Å². The van der Waals surface area contributed by atoms with Crippen LogP contribution in [0.15, 0.2) is 0 Å². The third kappa shape index (κ3) is 3.84. The van der Waals surface area contributed by atoms with Gasteiger partial charge in [-0.15, -0.1) is 0 Å². The van der Waals surface area contributed by atoms with Crippen LogP contribution in [0.2, 0.25) is 0 Å². The molecular weight excluding hydrogens is 214 g/mol. The molecule has 0 aliphatic heterocycles. The summed E-state index contributed by atoms with van der Waals surface area (Å²) in [7, 11) is 0. The first-order valence-corrected chi connectivity index (χ1v) is 6.98. The maximum atomic E-state index is 4.35. The first-order chi connectivity index (χ1) is 6.76. The van der Waals surface area contributed by atoms with Gasteiger partial charge in [0, 0.05) is 24.5 Å². The highest BCUT2D eigenvalue weighted by molar-refractivity contribution is 7.98. The third-order valence-electron chi connectivity index (χ3n) is 1.84. The summed E-state index contributed by atoms with van der Waals surface area (Å²) < 4.78 is 4.22. The van der Waals surface area contributed by atoms with Crippen molar-refractivity contribution in [3.8, 4) is 0 Å². The van der Waals surface area contributed by atoms with Crippen LogP contribution in [0.25, 0.3) is 0 Å². The van der Waals surface area contributed by atoms with Crippen molar-refractivity contribution in [1.29, 1.82) is 0 Å². The van der Waals surface area contributed by atoms with Gasteiger partial charge in [0.1, 0.15) is 5.82 Å². The van der Waals surface area contributed by atoms with Gasteiger partial charge in [0.25, 0.3) is 0 Å². The number of nitrogens with zero attached hydrogens (tertiary/aromatic N) is 2. The predicted molar refractivity (Wildman–Crippen MR) is 65.3 cm³/mol. The largest absolute Gasteiger partial charge is 0.360 e. The van der Waals surface area contributed by atoms with Gasteiger partial charge >= 0.3 is 0 Å². The molecule has 1 unspecified atom stereocenters. The Morgan fingerprint density at radius 3 is 2.93 bits per heavy atom. The lowest BCUT2D eigenvalue weighted by molar-refractivity contribution is 0.701. The minimum absolute atomic E-state index is 0.680. The van der Waals surface area contributed by atoms with Gasteiger partial charge in [0.05, 0.1) is 0 Å². The topological polar surface area (TPSA) is 37.8 Å². The summed E-state index contributed by atoms with van der Waals surface area (Å²) in [6, 6.07) is 0. The van der Waals surface area contributed by atoms with Crippen LogP contribution >= 0.6 is 23.3 Å². The SMILES string of the molecule is CCc1nsc(NCC(C)CSC)n1. The highest BCUT2D eigenvalue weighted by Gasteiger charge is 2.04. The van der Waals surface area contributed by atoms with E-state index in [-0.39, 0.29) is 0 Å². The van der Waals surface area contributed by atoms with Crippen molar-refractivity contribution in [2.45, 2.75) is 20.3 Å². The van der Waals surface area contributed by atoms with E-state index in [1.54, 1.807) is 0 Å². The van der Waals surface area contributed by atoms with E-state index >= 15 is 0 Å². The van der Waals surface area contributed by atoms with Gasteiger partial charge < -0.3 is 5.32 Å². The second kappa shape index (κ2) is 6.24. The van der Waals surface area contributed by atoms with E-state index in [9.17, 15) is 0 Å². The number of aromatic nitrogens is 2. The molecule has 1 atom stereocenters. The van der Waals surface area contributed by atoms with Crippen molar-refractivity contribution in [1.82, 2.24) is 9.36 Å². The van der Waals surface area contributed by atoms with Gasteiger partial charge in [-0.3, -0.25) is 0 Å². The Morgan fingerprint density at radius 1 is 1.57 bits per heavy atom. The summed E-state index contributed by atoms with van der Waals surface area (Å²) in [5, 5.41) is 4.27. The zero-order chi connectivity index (χ0) is 10.4. The van der Waals surface area contributed by atoms with E-state index in [1.807, 2.05) is 11.8 Å². The number of aryl methyl sites for hydroxylation is 1. The van der Waals surface area contributed by atoms with Gasteiger partial charge in [-0.25, -0.2) is 4.98 Å². The van der Waals surface area contributed by atoms with Crippen molar-refractivity contribution in [2.24, 2.45) is 5.92 Å². The Hall–Kier alpha value is -0.290. The van der Waals surface area contributed by atoms with Crippen molar-refractivity contribution >= 4 is 28.4 Å². The maximum absolute atomic E-state index is 4.35. The van der Waals surface area contributed by atoms with Gasteiger partial charge in [0.15, 0.2) is 0 Å². The van der Waals surface area contributed by atoms with Crippen molar-refractivity contribution in [3.63, 3.8) is 0 Å². The Morgan fingerprint density at radius 2 is 2.36 bits per heavy atom. The second-order valence-corrected chi connectivity index (χ2v) is 4.97. The molecule has 0 saturated heterocycles. The fourth-order valence-corrected chi connectivity index (χ4v) is 2.42. The van der Waals surface area contributed by atoms with Crippen LogP contribution < -0.4 is 5.32 Å². The zero-order valence-electron chi connectivity index (χ0n) is 8.91. The molecule has 1 N–H and O–H groups in total. The molecule has 0 aromatic carbocycles. The second-order valence-electron chi connectivity index (χ2n) is 3.31. The number of anilines is 1. The lowest BCUT2D eigenvalue weighted by atomic mass is 10.2. The van der Waals surface area contributed by atoms with E-state index in [1.165, 1.54) is 17.3 Å². The number of nitrogens with one attached hydrogen (secondary N) is 1. The van der Waals surface area contributed by atoms with Crippen LogP contribution in [0, 0.1) is 5.92 Å². The van der Waals surface area contributed by atoms with Crippen LogP contribution in [-0.2, 0) is 6.42 Å². The molecule has 80 valence electrons. The summed E-state index contributed by atoms with van der Waals surface area (Å²) in [5.74, 6) is 2.81. The fraction of sp³-hybridized carbons (Fsp3) is 0.778. The predicted octanol–water partition coefficient (Wildman–Crippen LogP) is 2.51. The zero-order valence-corrected chi connectivity index (χ0v) is 10.5. The number of rotatable bonds is 6. The minimum Gasteiger partial charge on any atom is -0.360 e. The summed E-state index contributed by atoms with van der Waals surface area (Å²) in [5.41, 5.74) is 0. The lowest BCUT2D eigenvalue weighted by Gasteiger charge is -2.09. The van der Waals surface area contributed by atoms with E-state index in [2.05, 4.69) is 34.8 Å². The molecule has 0 spiro atoms. The molecule has 1 heterocycles. The standard InChI is InChI=1S/C9H17N3S2/c1-4-8-11-9(14-12-8)10-5-7(2)6-13-3/h7H,4-6H2,1-3H3,(H,10,11,12). The molecular formula is C9H17N3S2. The summed E-state index contributed by atoms with van der Waals surface area (Å²) in [4.78, 5) is 4.35. The average Bonchev–Trinajstić information content (AvgIpc) is 2.63. The molecule has 0 saturated carbocycles. The van der Waals surface area contributed by atoms with Crippen molar-refractivity contribution in [3.05, 3.63) is 5.82 Å². The van der Waals surface area contributed by atoms with E-state index < -0.39 is 0 Å². The average molecular weight is 231 g/mol. The Labute approximate surface area is 93.9 Å². The van der Waals surface area contributed by atoms with Gasteiger partial charge in [-0.1, -0.05) is 13.8 Å². The highest BCUT2D eigenvalue weighted by atomic mass is 32.2. The molecule has 0 aliphatic rings. The van der Waals surface area contributed by atoms with Crippen molar-refractivity contribution < 1.29 is 0 Å². The molecule has 1 rings (SSSR count). The van der Waals surface area contributed by atoms with E-state index in [0.717, 1.165) is 23.9 Å². The smallest absolute Gasteiger partial charge is 0.202 e. The lowest BCUT2D eigenvalue weighted by Crippen LogP contribution is -2.13. The Kier molecular flexibility index (Phi) is 5.25. The molecule has 0 fully saturated rings. The third-order valence-corrected chi connectivity index (χ3v) is 3.45. The van der Waals surface area contributed by atoms with Crippen LogP contribution in [-0.4, -0.2) is 27.9 Å². The maximum Gasteiger partial charge on any atom is 0.202 e. The molecule has 14 heavy (non-hydrogen) atoms.